The maximum atomic E-state index is 11.9. The summed E-state index contributed by atoms with van der Waals surface area (Å²) >= 11 is 0. The summed E-state index contributed by atoms with van der Waals surface area (Å²) in [5.41, 5.74) is 6.05. The van der Waals surface area contributed by atoms with Gasteiger partial charge in [-0.05, 0) is 25.1 Å². The first-order valence-electron chi connectivity index (χ1n) is 5.82. The van der Waals surface area contributed by atoms with Crippen LogP contribution in [0.3, 0.4) is 0 Å². The topological polar surface area (TPSA) is 80.5 Å². The largest absolute Gasteiger partial charge is 0.330 e. The van der Waals surface area contributed by atoms with Gasteiger partial charge in [0.1, 0.15) is 0 Å². The molecule has 0 fully saturated rings. The van der Waals surface area contributed by atoms with Crippen molar-refractivity contribution in [2.75, 3.05) is 13.1 Å². The highest BCUT2D eigenvalue weighted by molar-refractivity contribution is 6.22. The van der Waals surface area contributed by atoms with Gasteiger partial charge in [-0.3, -0.25) is 19.3 Å². The number of fused-ring (bicyclic) bond motifs is 1. The van der Waals surface area contributed by atoms with Crippen LogP contribution < -0.4 is 5.73 Å². The Labute approximate surface area is 105 Å². The first-order chi connectivity index (χ1) is 8.65. The van der Waals surface area contributed by atoms with Crippen LogP contribution in [0.1, 0.15) is 33.6 Å². The van der Waals surface area contributed by atoms with Crippen LogP contribution in [0.5, 0.6) is 0 Å². The van der Waals surface area contributed by atoms with Crippen LogP contribution >= 0.6 is 0 Å². The SMILES string of the molecule is NCCCC(=O)CN1C(=O)c2ccccc2C1=O. The molecule has 1 aliphatic heterocycles. The number of hydrogen-bond acceptors (Lipinski definition) is 4. The Bertz CT molecular complexity index is 476. The van der Waals surface area contributed by atoms with Gasteiger partial charge in [-0.15, -0.1) is 0 Å². The molecule has 0 aromatic heterocycles. The molecule has 2 amide bonds. The average Bonchev–Trinajstić information content (AvgIpc) is 2.62. The average molecular weight is 246 g/mol. The van der Waals surface area contributed by atoms with Crippen molar-refractivity contribution in [1.29, 1.82) is 0 Å². The summed E-state index contributed by atoms with van der Waals surface area (Å²) in [5, 5.41) is 0. The summed E-state index contributed by atoms with van der Waals surface area (Å²) in [4.78, 5) is 36.5. The second kappa shape index (κ2) is 5.10. The number of ketones is 1. The van der Waals surface area contributed by atoms with Gasteiger partial charge in [0, 0.05) is 6.42 Å². The zero-order valence-corrected chi connectivity index (χ0v) is 9.89. The van der Waals surface area contributed by atoms with Crippen LogP contribution in [-0.4, -0.2) is 35.6 Å². The zero-order chi connectivity index (χ0) is 13.1. The predicted octanol–water partition coefficient (Wildman–Crippen LogP) is 0.591. The highest BCUT2D eigenvalue weighted by Crippen LogP contribution is 2.22. The molecule has 0 atom stereocenters. The molecule has 0 spiro atoms. The molecule has 0 saturated heterocycles. The summed E-state index contributed by atoms with van der Waals surface area (Å²) in [5.74, 6) is -0.927. The molecular weight excluding hydrogens is 232 g/mol. The lowest BCUT2D eigenvalue weighted by atomic mass is 10.1. The summed E-state index contributed by atoms with van der Waals surface area (Å²) < 4.78 is 0. The van der Waals surface area contributed by atoms with E-state index in [-0.39, 0.29) is 12.3 Å². The van der Waals surface area contributed by atoms with Gasteiger partial charge in [-0.25, -0.2) is 0 Å². The van der Waals surface area contributed by atoms with E-state index in [1.807, 2.05) is 0 Å². The number of hydrogen-bond donors (Lipinski definition) is 1. The van der Waals surface area contributed by atoms with Crippen molar-refractivity contribution < 1.29 is 14.4 Å². The second-order valence-electron chi connectivity index (χ2n) is 4.17. The van der Waals surface area contributed by atoms with Gasteiger partial charge in [-0.2, -0.15) is 0 Å². The number of amides is 2. The Hall–Kier alpha value is -2.01. The number of carbonyl (C=O) groups is 3. The number of benzene rings is 1. The molecule has 1 aromatic carbocycles. The minimum atomic E-state index is -0.392. The lowest BCUT2D eigenvalue weighted by Gasteiger charge is -2.12. The standard InChI is InChI=1S/C13H14N2O3/c14-7-3-4-9(16)8-15-12(17)10-5-1-2-6-11(10)13(15)18/h1-2,5-6H,3-4,7-8,14H2. The van der Waals surface area contributed by atoms with E-state index in [1.165, 1.54) is 0 Å². The molecule has 0 radical (unpaired) electrons. The van der Waals surface area contributed by atoms with Gasteiger partial charge < -0.3 is 5.73 Å². The Kier molecular flexibility index (Phi) is 3.53. The molecule has 18 heavy (non-hydrogen) atoms. The van der Waals surface area contributed by atoms with Gasteiger partial charge in [0.25, 0.3) is 11.8 Å². The van der Waals surface area contributed by atoms with E-state index in [1.54, 1.807) is 24.3 Å². The number of imide groups is 1. The third-order valence-corrected chi connectivity index (χ3v) is 2.87. The van der Waals surface area contributed by atoms with Crippen LogP contribution in [0.15, 0.2) is 24.3 Å². The molecule has 5 heteroatoms. The Morgan fingerprint density at radius 1 is 1.11 bits per heavy atom. The van der Waals surface area contributed by atoms with E-state index in [0.29, 0.717) is 30.5 Å². The lowest BCUT2D eigenvalue weighted by Crippen LogP contribution is -2.34. The maximum Gasteiger partial charge on any atom is 0.261 e. The Morgan fingerprint density at radius 2 is 1.67 bits per heavy atom. The third-order valence-electron chi connectivity index (χ3n) is 2.87. The van der Waals surface area contributed by atoms with Gasteiger partial charge in [0.05, 0.1) is 17.7 Å². The fourth-order valence-electron chi connectivity index (χ4n) is 1.94. The molecule has 5 nitrogen and oxygen atoms in total. The van der Waals surface area contributed by atoms with Crippen LogP contribution in [0.2, 0.25) is 0 Å². The van der Waals surface area contributed by atoms with Crippen molar-refractivity contribution in [3.63, 3.8) is 0 Å². The van der Waals surface area contributed by atoms with Crippen LogP contribution in [-0.2, 0) is 4.79 Å². The van der Waals surface area contributed by atoms with Crippen molar-refractivity contribution in [2.45, 2.75) is 12.8 Å². The highest BCUT2D eigenvalue weighted by Gasteiger charge is 2.35. The summed E-state index contributed by atoms with van der Waals surface area (Å²) in [6.07, 6.45) is 0.867. The molecule has 1 aliphatic rings. The number of Topliss-reactive ketones (excluding diaryl/α,β-unsaturated/α-hetero) is 1. The molecule has 0 saturated carbocycles. The molecule has 0 aliphatic carbocycles. The number of nitrogens with zero attached hydrogens (tertiary/aromatic N) is 1. The van der Waals surface area contributed by atoms with Crippen LogP contribution in [0.4, 0.5) is 0 Å². The maximum absolute atomic E-state index is 11.9. The molecule has 0 bridgehead atoms. The van der Waals surface area contributed by atoms with Gasteiger partial charge >= 0.3 is 0 Å². The predicted molar refractivity (Wildman–Crippen MR) is 65.1 cm³/mol. The van der Waals surface area contributed by atoms with Crippen molar-refractivity contribution in [3.8, 4) is 0 Å². The minimum absolute atomic E-state index is 0.144. The molecular formula is C13H14N2O3. The first-order valence-corrected chi connectivity index (χ1v) is 5.82. The van der Waals surface area contributed by atoms with Crippen LogP contribution in [0.25, 0.3) is 0 Å². The van der Waals surface area contributed by atoms with Gasteiger partial charge in [-0.1, -0.05) is 12.1 Å². The highest BCUT2D eigenvalue weighted by atomic mass is 16.2. The number of nitrogens with two attached hydrogens (primary N) is 1. The fourth-order valence-corrected chi connectivity index (χ4v) is 1.94. The van der Waals surface area contributed by atoms with Crippen molar-refractivity contribution in [3.05, 3.63) is 35.4 Å². The molecule has 2 rings (SSSR count). The fraction of sp³-hybridized carbons (Fsp3) is 0.308. The van der Waals surface area contributed by atoms with E-state index in [9.17, 15) is 14.4 Å². The van der Waals surface area contributed by atoms with E-state index in [0.717, 1.165) is 4.90 Å². The van der Waals surface area contributed by atoms with E-state index in [4.69, 9.17) is 5.73 Å². The molecule has 1 aromatic rings. The van der Waals surface area contributed by atoms with Gasteiger partial charge in [0.15, 0.2) is 5.78 Å². The Balaban J connectivity index is 2.11. The molecule has 94 valence electrons. The second-order valence-corrected chi connectivity index (χ2v) is 4.17. The minimum Gasteiger partial charge on any atom is -0.330 e. The number of rotatable bonds is 5. The quantitative estimate of drug-likeness (QED) is 0.771. The van der Waals surface area contributed by atoms with Crippen molar-refractivity contribution in [2.24, 2.45) is 5.73 Å². The van der Waals surface area contributed by atoms with E-state index >= 15 is 0 Å². The molecule has 1 heterocycles. The lowest BCUT2D eigenvalue weighted by molar-refractivity contribution is -0.119. The van der Waals surface area contributed by atoms with E-state index in [2.05, 4.69) is 0 Å². The third kappa shape index (κ3) is 2.17. The smallest absolute Gasteiger partial charge is 0.261 e. The summed E-state index contributed by atoms with van der Waals surface area (Å²) in [6, 6.07) is 6.59. The van der Waals surface area contributed by atoms with E-state index < -0.39 is 11.8 Å². The van der Waals surface area contributed by atoms with Crippen molar-refractivity contribution >= 4 is 17.6 Å². The summed E-state index contributed by atoms with van der Waals surface area (Å²) in [7, 11) is 0. The summed E-state index contributed by atoms with van der Waals surface area (Å²) in [6.45, 7) is 0.264. The number of carbonyl (C=O) groups excluding carboxylic acids is 3. The normalized spacial score (nSPS) is 13.9. The van der Waals surface area contributed by atoms with Crippen molar-refractivity contribution in [1.82, 2.24) is 4.90 Å². The first kappa shape index (κ1) is 12.4. The monoisotopic (exact) mass is 246 g/mol. The Morgan fingerprint density at radius 3 is 2.17 bits per heavy atom. The van der Waals surface area contributed by atoms with Gasteiger partial charge in [0.2, 0.25) is 0 Å². The molecule has 2 N–H and O–H groups in total. The zero-order valence-electron chi connectivity index (χ0n) is 9.89. The van der Waals surface area contributed by atoms with Crippen LogP contribution in [0, 0.1) is 0 Å². The molecule has 0 unspecified atom stereocenters.